The molecule has 1 fully saturated rings. The van der Waals surface area contributed by atoms with Gasteiger partial charge in [0.25, 0.3) is 0 Å². The van der Waals surface area contributed by atoms with E-state index in [0.717, 1.165) is 0 Å². The molecule has 234 valence electrons. The van der Waals surface area contributed by atoms with Crippen molar-refractivity contribution >= 4 is 52.2 Å². The molecule has 1 atom stereocenters. The number of carboxylic acid groups (broad SMARTS) is 1. The highest BCUT2D eigenvalue weighted by atomic mass is 35.5. The van der Waals surface area contributed by atoms with E-state index in [0.29, 0.717) is 16.3 Å². The number of halogens is 3. The summed E-state index contributed by atoms with van der Waals surface area (Å²) in [6.07, 6.45) is -0.450. The highest BCUT2D eigenvalue weighted by molar-refractivity contribution is 6.31. The predicted molar refractivity (Wildman–Crippen MR) is 157 cm³/mol. The first kappa shape index (κ1) is 32.4. The van der Waals surface area contributed by atoms with Crippen LogP contribution in [0.15, 0.2) is 48.7 Å². The lowest BCUT2D eigenvalue weighted by atomic mass is 10.1. The van der Waals surface area contributed by atoms with Crippen LogP contribution in [0.25, 0.3) is 10.8 Å². The molecule has 4 rings (SSSR count). The van der Waals surface area contributed by atoms with Crippen LogP contribution in [-0.4, -0.2) is 87.7 Å². The molecule has 0 bridgehead atoms. The van der Waals surface area contributed by atoms with Crippen molar-refractivity contribution in [1.82, 2.24) is 25.2 Å². The van der Waals surface area contributed by atoms with Crippen LogP contribution in [0.3, 0.4) is 0 Å². The summed E-state index contributed by atoms with van der Waals surface area (Å²) in [5.74, 6) is -1.69. The molecule has 3 N–H and O–H groups in total. The molecule has 0 unspecified atom stereocenters. The van der Waals surface area contributed by atoms with Crippen molar-refractivity contribution < 1.29 is 37.8 Å². The van der Waals surface area contributed by atoms with Gasteiger partial charge in [-0.15, -0.1) is 0 Å². The van der Waals surface area contributed by atoms with E-state index >= 15 is 0 Å². The zero-order chi connectivity index (χ0) is 31.8. The van der Waals surface area contributed by atoms with E-state index in [9.17, 15) is 28.0 Å². The topological polar surface area (TPSA) is 144 Å². The molecule has 2 heterocycles. The van der Waals surface area contributed by atoms with Crippen molar-refractivity contribution in [3.05, 3.63) is 70.9 Å². The summed E-state index contributed by atoms with van der Waals surface area (Å²) >= 11 is 6.07. The molecule has 0 aliphatic carbocycles. The Morgan fingerprint density at radius 3 is 2.50 bits per heavy atom. The molecular weight excluding hydrogens is 602 g/mol. The summed E-state index contributed by atoms with van der Waals surface area (Å²) in [4.78, 5) is 56.4. The van der Waals surface area contributed by atoms with Crippen molar-refractivity contribution in [2.24, 2.45) is 0 Å². The second-order valence-corrected chi connectivity index (χ2v) is 10.4. The maximum Gasteiger partial charge on any atom is 0.412 e. The maximum absolute atomic E-state index is 14.0. The molecule has 1 aromatic heterocycles. The summed E-state index contributed by atoms with van der Waals surface area (Å²) in [6, 6.07) is 9.04. The Labute approximate surface area is 256 Å². The SMILES string of the molecule is CC(=O)N(NCc1cccc(F)c1Cl)[C@@H](CCC(=O)N1CCN(C(=O)O)CC1)COC(=O)Nc1cc2cc(F)ccc2cn1. The number of aromatic nitrogens is 1. The molecular formula is C29H31ClF2N6O6. The van der Waals surface area contributed by atoms with E-state index in [2.05, 4.69) is 15.7 Å². The number of nitrogens with one attached hydrogen (secondary N) is 2. The maximum atomic E-state index is 14.0. The van der Waals surface area contributed by atoms with Gasteiger partial charge in [-0.2, -0.15) is 0 Å². The summed E-state index contributed by atoms with van der Waals surface area (Å²) in [6.45, 7) is 1.71. The summed E-state index contributed by atoms with van der Waals surface area (Å²) in [5, 5.41) is 13.9. The standard InChI is InChI=1S/C29H31ClF2N6O6/c1-18(39)38(34-16-20-3-2-4-24(32)27(20)30)23(7-8-26(40)36-9-11-37(12-10-36)29(42)43)17-44-28(41)35-25-14-21-13-22(31)6-5-19(21)15-33-25/h2-6,13-15,23,34H,7-12,16-17H2,1H3,(H,42,43)(H,33,35,41)/t23-/m0/s1. The molecule has 0 radical (unpaired) electrons. The Balaban J connectivity index is 1.43. The lowest BCUT2D eigenvalue weighted by molar-refractivity contribution is -0.139. The lowest BCUT2D eigenvalue weighted by Gasteiger charge is -2.34. The molecule has 3 aromatic rings. The number of piperazine rings is 1. The Morgan fingerprint density at radius 1 is 1.07 bits per heavy atom. The average Bonchev–Trinajstić information content (AvgIpc) is 2.99. The van der Waals surface area contributed by atoms with E-state index in [1.54, 1.807) is 12.1 Å². The normalized spacial score (nSPS) is 13.8. The highest BCUT2D eigenvalue weighted by Gasteiger charge is 2.28. The number of carbonyl (C=O) groups is 4. The van der Waals surface area contributed by atoms with Gasteiger partial charge in [0.1, 0.15) is 24.1 Å². The third kappa shape index (κ3) is 8.51. The van der Waals surface area contributed by atoms with E-state index in [1.807, 2.05) is 0 Å². The molecule has 15 heteroatoms. The van der Waals surface area contributed by atoms with Gasteiger partial charge in [-0.1, -0.05) is 23.7 Å². The number of hydrazine groups is 1. The molecule has 1 saturated heterocycles. The van der Waals surface area contributed by atoms with Gasteiger partial charge in [0, 0.05) is 57.7 Å². The minimum atomic E-state index is -1.06. The molecule has 0 spiro atoms. The first-order valence-corrected chi connectivity index (χ1v) is 14.1. The van der Waals surface area contributed by atoms with Crippen LogP contribution in [0.5, 0.6) is 0 Å². The third-order valence-corrected chi connectivity index (χ3v) is 7.51. The van der Waals surface area contributed by atoms with Crippen LogP contribution in [0.4, 0.5) is 24.2 Å². The second-order valence-electron chi connectivity index (χ2n) is 10.1. The number of pyridine rings is 1. The zero-order valence-corrected chi connectivity index (χ0v) is 24.5. The summed E-state index contributed by atoms with van der Waals surface area (Å²) in [7, 11) is 0. The Kier molecular flexibility index (Phi) is 10.8. The quantitative estimate of drug-likeness (QED) is 0.282. The number of carbonyl (C=O) groups excluding carboxylic acids is 3. The van der Waals surface area contributed by atoms with Crippen LogP contribution in [0, 0.1) is 11.6 Å². The minimum Gasteiger partial charge on any atom is -0.465 e. The van der Waals surface area contributed by atoms with Crippen LogP contribution in [0.2, 0.25) is 5.02 Å². The van der Waals surface area contributed by atoms with Gasteiger partial charge < -0.3 is 19.6 Å². The third-order valence-electron chi connectivity index (χ3n) is 7.09. The van der Waals surface area contributed by atoms with Crippen LogP contribution >= 0.6 is 11.6 Å². The van der Waals surface area contributed by atoms with Gasteiger partial charge in [0.2, 0.25) is 11.8 Å². The van der Waals surface area contributed by atoms with Crippen molar-refractivity contribution in [3.8, 4) is 0 Å². The largest absolute Gasteiger partial charge is 0.465 e. The lowest BCUT2D eigenvalue weighted by Crippen LogP contribution is -2.52. The van der Waals surface area contributed by atoms with Crippen LogP contribution in [-0.2, 0) is 20.9 Å². The Hall–Kier alpha value is -4.56. The fraction of sp³-hybridized carbons (Fsp3) is 0.345. The van der Waals surface area contributed by atoms with Gasteiger partial charge in [-0.25, -0.2) is 28.8 Å². The number of hydrogen-bond acceptors (Lipinski definition) is 7. The predicted octanol–water partition coefficient (Wildman–Crippen LogP) is 4.24. The molecule has 1 aliphatic rings. The monoisotopic (exact) mass is 632 g/mol. The zero-order valence-electron chi connectivity index (χ0n) is 23.8. The van der Waals surface area contributed by atoms with Crippen molar-refractivity contribution in [3.63, 3.8) is 0 Å². The number of anilines is 1. The molecule has 1 aliphatic heterocycles. The molecule has 0 saturated carbocycles. The molecule has 4 amide bonds. The molecule has 12 nitrogen and oxygen atoms in total. The number of benzene rings is 2. The number of ether oxygens (including phenoxy) is 1. The number of amides is 4. The van der Waals surface area contributed by atoms with Gasteiger partial charge in [0.05, 0.1) is 11.1 Å². The van der Waals surface area contributed by atoms with Gasteiger partial charge in [-0.05, 0) is 47.7 Å². The van der Waals surface area contributed by atoms with E-state index in [1.165, 1.54) is 58.3 Å². The number of hydrogen-bond donors (Lipinski definition) is 3. The number of fused-ring (bicyclic) bond motifs is 1. The fourth-order valence-corrected chi connectivity index (χ4v) is 4.92. The van der Waals surface area contributed by atoms with Crippen LogP contribution in [0.1, 0.15) is 25.3 Å². The number of rotatable bonds is 10. The Morgan fingerprint density at radius 2 is 1.80 bits per heavy atom. The van der Waals surface area contributed by atoms with E-state index in [4.69, 9.17) is 21.4 Å². The van der Waals surface area contributed by atoms with Crippen molar-refractivity contribution in [2.75, 3.05) is 38.1 Å². The van der Waals surface area contributed by atoms with Crippen molar-refractivity contribution in [2.45, 2.75) is 32.4 Å². The molecule has 2 aromatic carbocycles. The minimum absolute atomic E-state index is 0.0350. The highest BCUT2D eigenvalue weighted by Crippen LogP contribution is 2.21. The first-order valence-electron chi connectivity index (χ1n) is 13.7. The second kappa shape index (κ2) is 14.8. The molecule has 44 heavy (non-hydrogen) atoms. The van der Waals surface area contributed by atoms with Crippen molar-refractivity contribution in [1.29, 1.82) is 0 Å². The number of nitrogens with zero attached hydrogens (tertiary/aromatic N) is 4. The smallest absolute Gasteiger partial charge is 0.412 e. The summed E-state index contributed by atoms with van der Waals surface area (Å²) < 4.78 is 33.0. The average molecular weight is 633 g/mol. The fourth-order valence-electron chi connectivity index (χ4n) is 4.73. The Bertz CT molecular complexity index is 1540. The first-order chi connectivity index (χ1) is 21.0. The summed E-state index contributed by atoms with van der Waals surface area (Å²) in [5.41, 5.74) is 3.28. The van der Waals surface area contributed by atoms with E-state index < -0.39 is 35.8 Å². The van der Waals surface area contributed by atoms with Gasteiger partial charge in [0.15, 0.2) is 0 Å². The van der Waals surface area contributed by atoms with Crippen LogP contribution < -0.4 is 10.7 Å². The van der Waals surface area contributed by atoms with E-state index in [-0.39, 0.29) is 68.9 Å². The van der Waals surface area contributed by atoms with Gasteiger partial charge in [-0.3, -0.25) is 19.9 Å². The van der Waals surface area contributed by atoms with Gasteiger partial charge >= 0.3 is 12.2 Å².